The van der Waals surface area contributed by atoms with E-state index in [1.807, 2.05) is 0 Å². The van der Waals surface area contributed by atoms with Crippen LogP contribution < -0.4 is 5.32 Å². The Bertz CT molecular complexity index is 315. The Morgan fingerprint density at radius 2 is 2.16 bits per heavy atom. The van der Waals surface area contributed by atoms with Gasteiger partial charge in [-0.05, 0) is 37.5 Å². The molecule has 1 aliphatic heterocycles. The first kappa shape index (κ1) is 14.8. The molecule has 2 fully saturated rings. The zero-order valence-corrected chi connectivity index (χ0v) is 12.6. The summed E-state index contributed by atoms with van der Waals surface area (Å²) in [5, 5.41) is 3.49. The van der Waals surface area contributed by atoms with Gasteiger partial charge >= 0.3 is 0 Å². The number of carbonyl (C=O) groups excluding carboxylic acids is 1. The minimum absolute atomic E-state index is 0.0368. The predicted molar refractivity (Wildman–Crippen MR) is 75.8 cm³/mol. The van der Waals surface area contributed by atoms with Gasteiger partial charge in [-0.1, -0.05) is 20.3 Å². The highest BCUT2D eigenvalue weighted by Gasteiger charge is 2.48. The molecule has 1 saturated carbocycles. The Kier molecular flexibility index (Phi) is 4.85. The molecule has 1 N–H and O–H groups in total. The quantitative estimate of drug-likeness (QED) is 0.733. The van der Waals surface area contributed by atoms with Crippen molar-refractivity contribution in [1.82, 2.24) is 10.2 Å². The number of amides is 1. The molecule has 1 heterocycles. The van der Waals surface area contributed by atoms with Crippen LogP contribution in [0.15, 0.2) is 0 Å². The Balaban J connectivity index is 1.97. The smallest absolute Gasteiger partial charge is 0.241 e. The molecule has 0 bridgehead atoms. The molecule has 2 atom stereocenters. The van der Waals surface area contributed by atoms with Gasteiger partial charge in [0.15, 0.2) is 0 Å². The van der Waals surface area contributed by atoms with Gasteiger partial charge in [-0.3, -0.25) is 10.1 Å². The summed E-state index contributed by atoms with van der Waals surface area (Å²) in [7, 11) is 1.76. The second kappa shape index (κ2) is 6.23. The van der Waals surface area contributed by atoms with Crippen molar-refractivity contribution in [3.05, 3.63) is 0 Å². The Morgan fingerprint density at radius 3 is 2.68 bits per heavy atom. The first-order chi connectivity index (χ1) is 9.15. The van der Waals surface area contributed by atoms with Gasteiger partial charge in [0.1, 0.15) is 0 Å². The third-order valence-corrected chi connectivity index (χ3v) is 4.62. The standard InChI is InChI=1S/C15H28N2O2/c1-4-6-13-16-12(5-2)14(18)17(13)11-15(7-8-15)9-10-19-3/h12-13,16H,4-11H2,1-3H3. The van der Waals surface area contributed by atoms with Crippen LogP contribution in [0.3, 0.4) is 0 Å². The molecule has 1 saturated heterocycles. The number of carbonyl (C=O) groups is 1. The van der Waals surface area contributed by atoms with Crippen LogP contribution in [-0.4, -0.2) is 43.3 Å². The minimum Gasteiger partial charge on any atom is -0.385 e. The Morgan fingerprint density at radius 1 is 1.42 bits per heavy atom. The van der Waals surface area contributed by atoms with Gasteiger partial charge in [-0.15, -0.1) is 0 Å². The lowest BCUT2D eigenvalue weighted by Gasteiger charge is -2.28. The van der Waals surface area contributed by atoms with E-state index < -0.39 is 0 Å². The molecule has 0 aromatic carbocycles. The molecule has 2 aliphatic rings. The van der Waals surface area contributed by atoms with Gasteiger partial charge in [0.25, 0.3) is 0 Å². The van der Waals surface area contributed by atoms with Crippen LogP contribution in [0.1, 0.15) is 52.4 Å². The maximum atomic E-state index is 12.4. The number of ether oxygens (including phenoxy) is 1. The van der Waals surface area contributed by atoms with Gasteiger partial charge in [0.2, 0.25) is 5.91 Å². The van der Waals surface area contributed by atoms with Crippen molar-refractivity contribution in [3.63, 3.8) is 0 Å². The van der Waals surface area contributed by atoms with Crippen molar-refractivity contribution in [1.29, 1.82) is 0 Å². The summed E-state index contributed by atoms with van der Waals surface area (Å²) in [6.07, 6.45) is 6.89. The van der Waals surface area contributed by atoms with Crippen molar-refractivity contribution in [2.45, 2.75) is 64.6 Å². The van der Waals surface area contributed by atoms with Crippen LogP contribution in [0, 0.1) is 5.41 Å². The molecule has 110 valence electrons. The fraction of sp³-hybridized carbons (Fsp3) is 0.933. The third-order valence-electron chi connectivity index (χ3n) is 4.62. The highest BCUT2D eigenvalue weighted by atomic mass is 16.5. The first-order valence-corrected chi connectivity index (χ1v) is 7.71. The summed E-state index contributed by atoms with van der Waals surface area (Å²) < 4.78 is 5.21. The number of nitrogens with one attached hydrogen (secondary N) is 1. The number of hydrogen-bond donors (Lipinski definition) is 1. The molecule has 2 unspecified atom stereocenters. The fourth-order valence-corrected chi connectivity index (χ4v) is 3.08. The molecule has 1 amide bonds. The van der Waals surface area contributed by atoms with E-state index in [-0.39, 0.29) is 12.2 Å². The van der Waals surface area contributed by atoms with Gasteiger partial charge in [-0.2, -0.15) is 0 Å². The van der Waals surface area contributed by atoms with Gasteiger partial charge in [0, 0.05) is 20.3 Å². The monoisotopic (exact) mass is 268 g/mol. The van der Waals surface area contributed by atoms with Crippen molar-refractivity contribution in [2.24, 2.45) is 5.41 Å². The van der Waals surface area contributed by atoms with E-state index in [0.717, 1.165) is 38.8 Å². The maximum Gasteiger partial charge on any atom is 0.241 e. The second-order valence-electron chi connectivity index (χ2n) is 6.14. The molecule has 0 aromatic rings. The average molecular weight is 268 g/mol. The van der Waals surface area contributed by atoms with Gasteiger partial charge in [0.05, 0.1) is 12.2 Å². The second-order valence-corrected chi connectivity index (χ2v) is 6.14. The zero-order chi connectivity index (χ0) is 13.9. The van der Waals surface area contributed by atoms with Crippen LogP contribution in [0.4, 0.5) is 0 Å². The van der Waals surface area contributed by atoms with Crippen molar-refractivity contribution in [3.8, 4) is 0 Å². The summed E-state index contributed by atoms with van der Waals surface area (Å²) in [5.74, 6) is 0.310. The molecular weight excluding hydrogens is 240 g/mol. The molecule has 19 heavy (non-hydrogen) atoms. The number of nitrogens with zero attached hydrogens (tertiary/aromatic N) is 1. The van der Waals surface area contributed by atoms with Crippen molar-refractivity contribution < 1.29 is 9.53 Å². The van der Waals surface area contributed by atoms with Crippen LogP contribution in [0.2, 0.25) is 0 Å². The largest absolute Gasteiger partial charge is 0.385 e. The Hall–Kier alpha value is -0.610. The lowest BCUT2D eigenvalue weighted by molar-refractivity contribution is -0.131. The van der Waals surface area contributed by atoms with Crippen molar-refractivity contribution in [2.75, 3.05) is 20.3 Å². The molecule has 1 aliphatic carbocycles. The van der Waals surface area contributed by atoms with Crippen LogP contribution >= 0.6 is 0 Å². The van der Waals surface area contributed by atoms with Gasteiger partial charge < -0.3 is 9.64 Å². The summed E-state index contributed by atoms with van der Waals surface area (Å²) in [5.41, 5.74) is 0.349. The van der Waals surface area contributed by atoms with Gasteiger partial charge in [-0.25, -0.2) is 0 Å². The number of methoxy groups -OCH3 is 1. The minimum atomic E-state index is 0.0368. The first-order valence-electron chi connectivity index (χ1n) is 7.71. The molecule has 0 aromatic heterocycles. The highest BCUT2D eigenvalue weighted by Crippen LogP contribution is 2.50. The zero-order valence-electron chi connectivity index (χ0n) is 12.6. The highest BCUT2D eigenvalue weighted by molar-refractivity contribution is 5.84. The molecule has 0 spiro atoms. The summed E-state index contributed by atoms with van der Waals surface area (Å²) >= 11 is 0. The van der Waals surface area contributed by atoms with E-state index >= 15 is 0 Å². The summed E-state index contributed by atoms with van der Waals surface area (Å²) in [6, 6.07) is 0.0368. The SMILES string of the molecule is CCCC1NC(CC)C(=O)N1CC1(CCOC)CC1. The van der Waals surface area contributed by atoms with E-state index in [0.29, 0.717) is 11.3 Å². The van der Waals surface area contributed by atoms with Crippen LogP contribution in [0.5, 0.6) is 0 Å². The summed E-state index contributed by atoms with van der Waals surface area (Å²) in [4.78, 5) is 14.5. The third kappa shape index (κ3) is 3.29. The molecule has 4 heteroatoms. The van der Waals surface area contributed by atoms with E-state index in [2.05, 4.69) is 24.1 Å². The lowest BCUT2D eigenvalue weighted by atomic mass is 10.0. The maximum absolute atomic E-state index is 12.4. The number of rotatable bonds is 8. The Labute approximate surface area is 116 Å². The molecule has 4 nitrogen and oxygen atoms in total. The summed E-state index contributed by atoms with van der Waals surface area (Å²) in [6.45, 7) is 6.00. The average Bonchev–Trinajstić information content (AvgIpc) is 3.12. The van der Waals surface area contributed by atoms with E-state index in [4.69, 9.17) is 4.74 Å². The van der Waals surface area contributed by atoms with E-state index in [1.54, 1.807) is 7.11 Å². The molecule has 0 radical (unpaired) electrons. The molecule has 2 rings (SSSR count). The predicted octanol–water partition coefficient (Wildman–Crippen LogP) is 2.14. The topological polar surface area (TPSA) is 41.6 Å². The number of hydrogen-bond acceptors (Lipinski definition) is 3. The van der Waals surface area contributed by atoms with Crippen LogP contribution in [0.25, 0.3) is 0 Å². The van der Waals surface area contributed by atoms with E-state index in [1.165, 1.54) is 12.8 Å². The molecular formula is C15H28N2O2. The van der Waals surface area contributed by atoms with E-state index in [9.17, 15) is 4.79 Å². The van der Waals surface area contributed by atoms with Crippen molar-refractivity contribution >= 4 is 5.91 Å². The fourth-order valence-electron chi connectivity index (χ4n) is 3.08. The van der Waals surface area contributed by atoms with Crippen LogP contribution in [-0.2, 0) is 9.53 Å². The normalized spacial score (nSPS) is 29.0. The lowest BCUT2D eigenvalue weighted by Crippen LogP contribution is -2.41.